The van der Waals surface area contributed by atoms with Crippen molar-refractivity contribution in [3.63, 3.8) is 0 Å². The van der Waals surface area contributed by atoms with Crippen molar-refractivity contribution in [1.82, 2.24) is 0 Å². The molecular weight excluding hydrogens is 785 g/mol. The summed E-state index contributed by atoms with van der Waals surface area (Å²) in [7, 11) is 0. The molecule has 0 fully saturated rings. The van der Waals surface area contributed by atoms with E-state index in [0.29, 0.717) is 13.2 Å². The minimum absolute atomic E-state index is 0.641. The maximum Gasteiger partial charge on any atom is 0.141 e. The molecule has 0 spiro atoms. The third-order valence-corrected chi connectivity index (χ3v) is 11.5. The summed E-state index contributed by atoms with van der Waals surface area (Å²) in [5, 5.41) is 0. The Labute approximate surface area is 253 Å². The molecule has 2 heterocycles. The minimum atomic E-state index is 0.641. The van der Waals surface area contributed by atoms with Gasteiger partial charge >= 0.3 is 0 Å². The van der Waals surface area contributed by atoms with E-state index in [2.05, 4.69) is 137 Å². The number of fused-ring (bicyclic) bond motifs is 6. The van der Waals surface area contributed by atoms with Crippen molar-refractivity contribution in [3.05, 3.63) is 98.2 Å². The Hall–Kier alpha value is -1.33. The van der Waals surface area contributed by atoms with Gasteiger partial charge in [0.25, 0.3) is 0 Å². The SMILES string of the molecule is Cc1ccc2c(c1C)COc1c-2ccc(CCc2ccc3c(c2I)OCc2c-3ccc(C)c2I)c1I. The molecule has 0 saturated carbocycles. The second kappa shape index (κ2) is 9.76. The first-order chi connectivity index (χ1) is 17.3. The van der Waals surface area contributed by atoms with E-state index in [0.717, 1.165) is 24.3 Å². The number of halogens is 3. The van der Waals surface area contributed by atoms with Crippen LogP contribution >= 0.6 is 67.8 Å². The predicted molar refractivity (Wildman–Crippen MR) is 172 cm³/mol. The molecule has 4 aromatic carbocycles. The zero-order valence-corrected chi connectivity index (χ0v) is 26.9. The van der Waals surface area contributed by atoms with Crippen LogP contribution in [0.1, 0.15) is 38.9 Å². The molecule has 5 heteroatoms. The van der Waals surface area contributed by atoms with Crippen LogP contribution in [0.4, 0.5) is 0 Å². The zero-order valence-electron chi connectivity index (χ0n) is 20.4. The highest BCUT2D eigenvalue weighted by atomic mass is 127. The topological polar surface area (TPSA) is 18.5 Å². The van der Waals surface area contributed by atoms with E-state index in [1.807, 2.05) is 0 Å². The first kappa shape index (κ1) is 25.0. The van der Waals surface area contributed by atoms with Gasteiger partial charge in [0, 0.05) is 25.8 Å². The maximum absolute atomic E-state index is 6.33. The van der Waals surface area contributed by atoms with E-state index in [-0.39, 0.29) is 0 Å². The van der Waals surface area contributed by atoms with Gasteiger partial charge in [0.15, 0.2) is 0 Å². The van der Waals surface area contributed by atoms with Gasteiger partial charge in [-0.2, -0.15) is 0 Å². The van der Waals surface area contributed by atoms with Gasteiger partial charge in [0.1, 0.15) is 24.7 Å². The Kier molecular flexibility index (Phi) is 6.77. The Morgan fingerprint density at radius 1 is 0.556 bits per heavy atom. The molecule has 0 atom stereocenters. The largest absolute Gasteiger partial charge is 0.487 e. The number of hydrogen-bond acceptors (Lipinski definition) is 2. The molecule has 36 heavy (non-hydrogen) atoms. The van der Waals surface area contributed by atoms with Gasteiger partial charge in [0.2, 0.25) is 0 Å². The first-order valence-electron chi connectivity index (χ1n) is 12.1. The van der Waals surface area contributed by atoms with Crippen molar-refractivity contribution in [3.8, 4) is 33.8 Å². The van der Waals surface area contributed by atoms with Crippen LogP contribution in [0.2, 0.25) is 0 Å². The third kappa shape index (κ3) is 4.08. The molecule has 0 aromatic heterocycles. The summed E-state index contributed by atoms with van der Waals surface area (Å²) in [5.41, 5.74) is 14.3. The highest BCUT2D eigenvalue weighted by Crippen LogP contribution is 2.45. The van der Waals surface area contributed by atoms with Gasteiger partial charge < -0.3 is 9.47 Å². The summed E-state index contributed by atoms with van der Waals surface area (Å²) in [6, 6.07) is 18.0. The summed E-state index contributed by atoms with van der Waals surface area (Å²) < 4.78 is 16.4. The lowest BCUT2D eigenvalue weighted by Gasteiger charge is -2.26. The number of aryl methyl sites for hydroxylation is 4. The van der Waals surface area contributed by atoms with Crippen molar-refractivity contribution < 1.29 is 9.47 Å². The van der Waals surface area contributed by atoms with E-state index in [1.165, 1.54) is 71.9 Å². The summed E-state index contributed by atoms with van der Waals surface area (Å²) in [6.45, 7) is 7.83. The number of rotatable bonds is 3. The average molecular weight is 810 g/mol. The average Bonchev–Trinajstić information content (AvgIpc) is 2.88. The van der Waals surface area contributed by atoms with E-state index in [1.54, 1.807) is 0 Å². The first-order valence-corrected chi connectivity index (χ1v) is 15.3. The van der Waals surface area contributed by atoms with Crippen molar-refractivity contribution in [2.45, 2.75) is 46.8 Å². The van der Waals surface area contributed by atoms with E-state index in [4.69, 9.17) is 9.47 Å². The van der Waals surface area contributed by atoms with Gasteiger partial charge in [0.05, 0.1) is 7.14 Å². The number of ether oxygens (including phenoxy) is 2. The van der Waals surface area contributed by atoms with Gasteiger partial charge in [-0.25, -0.2) is 0 Å². The predicted octanol–water partition coefficient (Wildman–Crippen LogP) is 9.33. The normalized spacial score (nSPS) is 13.2. The Morgan fingerprint density at radius 2 is 1.03 bits per heavy atom. The molecule has 2 aliphatic heterocycles. The fourth-order valence-electron chi connectivity index (χ4n) is 5.29. The molecule has 0 aliphatic carbocycles. The fourth-order valence-corrected chi connectivity index (χ4v) is 7.71. The molecule has 182 valence electrons. The molecular formula is C31H25I3O2. The van der Waals surface area contributed by atoms with Crippen molar-refractivity contribution in [1.29, 1.82) is 0 Å². The van der Waals surface area contributed by atoms with Gasteiger partial charge in [-0.1, -0.05) is 48.5 Å². The third-order valence-electron chi connectivity index (χ3n) is 7.63. The molecule has 6 rings (SSSR count). The summed E-state index contributed by atoms with van der Waals surface area (Å²) in [5.74, 6) is 2.07. The van der Waals surface area contributed by atoms with Crippen LogP contribution in [0.3, 0.4) is 0 Å². The standard InChI is InChI=1S/C31H25I3O2/c1-16-4-10-21-23-12-8-19(28(33)30(23)35-14-25(21)18(16)3)6-7-20-9-13-24-22-11-5-17(2)27(32)26(22)15-36-31(24)29(20)34/h4-5,8-13H,6-7,14-15H2,1-3H3. The molecule has 2 nitrogen and oxygen atoms in total. The molecule has 0 bridgehead atoms. The van der Waals surface area contributed by atoms with E-state index < -0.39 is 0 Å². The molecule has 0 N–H and O–H groups in total. The lowest BCUT2D eigenvalue weighted by atomic mass is 9.90. The number of benzene rings is 4. The molecule has 0 radical (unpaired) electrons. The summed E-state index contributed by atoms with van der Waals surface area (Å²) >= 11 is 7.40. The van der Waals surface area contributed by atoms with Gasteiger partial charge in [-0.05, 0) is 140 Å². The van der Waals surface area contributed by atoms with Crippen LogP contribution in [0.5, 0.6) is 11.5 Å². The molecule has 4 aromatic rings. The Bertz CT molecular complexity index is 1440. The highest BCUT2D eigenvalue weighted by Gasteiger charge is 2.25. The van der Waals surface area contributed by atoms with E-state index >= 15 is 0 Å². The molecule has 0 amide bonds. The minimum Gasteiger partial charge on any atom is -0.487 e. The fraction of sp³-hybridized carbons (Fsp3) is 0.226. The van der Waals surface area contributed by atoms with Crippen LogP contribution in [0, 0.1) is 31.5 Å². The smallest absolute Gasteiger partial charge is 0.141 e. The molecule has 2 aliphatic rings. The van der Waals surface area contributed by atoms with Crippen molar-refractivity contribution in [2.24, 2.45) is 0 Å². The highest BCUT2D eigenvalue weighted by molar-refractivity contribution is 14.1. The monoisotopic (exact) mass is 810 g/mol. The van der Waals surface area contributed by atoms with Crippen LogP contribution in [-0.4, -0.2) is 0 Å². The van der Waals surface area contributed by atoms with Crippen LogP contribution in [0.15, 0.2) is 48.5 Å². The van der Waals surface area contributed by atoms with Crippen LogP contribution < -0.4 is 9.47 Å². The second-order valence-corrected chi connectivity index (χ2v) is 12.9. The molecule has 0 saturated heterocycles. The molecule has 0 unspecified atom stereocenters. The second-order valence-electron chi connectivity index (χ2n) is 9.66. The summed E-state index contributed by atoms with van der Waals surface area (Å²) in [6.07, 6.45) is 1.94. The Balaban J connectivity index is 1.29. The van der Waals surface area contributed by atoms with Crippen molar-refractivity contribution >= 4 is 67.8 Å². The maximum atomic E-state index is 6.33. The summed E-state index contributed by atoms with van der Waals surface area (Å²) in [4.78, 5) is 0. The van der Waals surface area contributed by atoms with E-state index in [9.17, 15) is 0 Å². The quantitative estimate of drug-likeness (QED) is 0.192. The Morgan fingerprint density at radius 3 is 1.61 bits per heavy atom. The van der Waals surface area contributed by atoms with Gasteiger partial charge in [-0.15, -0.1) is 0 Å². The van der Waals surface area contributed by atoms with Gasteiger partial charge in [-0.3, -0.25) is 0 Å². The number of hydrogen-bond donors (Lipinski definition) is 0. The lowest BCUT2D eigenvalue weighted by molar-refractivity contribution is 0.298. The van der Waals surface area contributed by atoms with Crippen LogP contribution in [0.25, 0.3) is 22.3 Å². The van der Waals surface area contributed by atoms with Crippen molar-refractivity contribution in [2.75, 3.05) is 0 Å². The van der Waals surface area contributed by atoms with Crippen LogP contribution in [-0.2, 0) is 26.1 Å². The lowest BCUT2D eigenvalue weighted by Crippen LogP contribution is -2.11. The zero-order chi connectivity index (χ0) is 25.1.